The Bertz CT molecular complexity index is 441. The van der Waals surface area contributed by atoms with E-state index in [1.54, 1.807) is 0 Å². The second kappa shape index (κ2) is 5.67. The summed E-state index contributed by atoms with van der Waals surface area (Å²) in [5.74, 6) is -7.79. The smallest absolute Gasteiger partial charge is 0.306 e. The minimum atomic E-state index is -1.64. The molecule has 1 atom stereocenters. The zero-order valence-corrected chi connectivity index (χ0v) is 8.88. The van der Waals surface area contributed by atoms with E-state index >= 15 is 0 Å². The molecule has 0 saturated heterocycles. The molecular formula is C10H9F4NO3. The molecule has 1 unspecified atom stereocenters. The molecular weight excluding hydrogens is 258 g/mol. The first-order chi connectivity index (χ1) is 8.32. The van der Waals surface area contributed by atoms with Gasteiger partial charge >= 0.3 is 5.97 Å². The van der Waals surface area contributed by atoms with Crippen LogP contribution in [0, 0.1) is 23.3 Å². The summed E-state index contributed by atoms with van der Waals surface area (Å²) in [5, 5.41) is 19.4. The van der Waals surface area contributed by atoms with Gasteiger partial charge in [-0.15, -0.1) is 0 Å². The lowest BCUT2D eigenvalue weighted by molar-refractivity contribution is -0.138. The van der Waals surface area contributed by atoms with Crippen molar-refractivity contribution >= 4 is 11.7 Å². The number of nitrogens with one attached hydrogen (secondary N) is 1. The molecule has 0 fully saturated rings. The van der Waals surface area contributed by atoms with Crippen LogP contribution in [0.2, 0.25) is 0 Å². The molecule has 0 radical (unpaired) electrons. The van der Waals surface area contributed by atoms with Gasteiger partial charge in [-0.3, -0.25) is 4.79 Å². The van der Waals surface area contributed by atoms with Crippen LogP contribution in [0.15, 0.2) is 6.07 Å². The number of hydrogen-bond acceptors (Lipinski definition) is 3. The number of aliphatic hydroxyl groups excluding tert-OH is 1. The molecule has 8 heteroatoms. The van der Waals surface area contributed by atoms with Crippen molar-refractivity contribution in [1.29, 1.82) is 0 Å². The maximum atomic E-state index is 13.1. The summed E-state index contributed by atoms with van der Waals surface area (Å²) < 4.78 is 51.8. The third-order valence-corrected chi connectivity index (χ3v) is 2.04. The number of halogens is 4. The van der Waals surface area contributed by atoms with Crippen LogP contribution >= 0.6 is 0 Å². The fourth-order valence-electron chi connectivity index (χ4n) is 1.22. The van der Waals surface area contributed by atoms with Crippen molar-refractivity contribution in [1.82, 2.24) is 0 Å². The first-order valence-electron chi connectivity index (χ1n) is 4.79. The van der Waals surface area contributed by atoms with E-state index in [0.717, 1.165) is 0 Å². The first-order valence-corrected chi connectivity index (χ1v) is 4.79. The number of carboxylic acid groups (broad SMARTS) is 1. The number of aliphatic hydroxyl groups is 1. The van der Waals surface area contributed by atoms with Gasteiger partial charge in [-0.25, -0.2) is 17.6 Å². The molecule has 100 valence electrons. The summed E-state index contributed by atoms with van der Waals surface area (Å²) in [7, 11) is 0. The summed E-state index contributed by atoms with van der Waals surface area (Å²) >= 11 is 0. The van der Waals surface area contributed by atoms with Gasteiger partial charge in [0.05, 0.1) is 12.5 Å². The molecule has 1 rings (SSSR count). The minimum absolute atomic E-state index is 0.0452. The van der Waals surface area contributed by atoms with E-state index in [-0.39, 0.29) is 6.07 Å². The van der Waals surface area contributed by atoms with E-state index in [9.17, 15) is 22.4 Å². The number of benzene rings is 1. The highest BCUT2D eigenvalue weighted by molar-refractivity contribution is 5.67. The van der Waals surface area contributed by atoms with Gasteiger partial charge in [0.25, 0.3) is 0 Å². The van der Waals surface area contributed by atoms with Gasteiger partial charge in [0, 0.05) is 12.6 Å². The van der Waals surface area contributed by atoms with E-state index in [2.05, 4.69) is 0 Å². The molecule has 0 amide bonds. The van der Waals surface area contributed by atoms with Crippen molar-refractivity contribution in [3.8, 4) is 0 Å². The van der Waals surface area contributed by atoms with Crippen molar-refractivity contribution in [3.05, 3.63) is 29.3 Å². The van der Waals surface area contributed by atoms with Crippen LogP contribution in [0.4, 0.5) is 23.2 Å². The lowest BCUT2D eigenvalue weighted by atomic mass is 10.2. The van der Waals surface area contributed by atoms with Crippen LogP contribution in [0.1, 0.15) is 6.42 Å². The standard InChI is InChI=1S/C10H9F4NO3/c11-5-2-6(12)9(14)10(8(5)13)15-3-4(16)1-7(17)18/h2,4,15-16H,1,3H2,(H,17,18). The summed E-state index contributed by atoms with van der Waals surface area (Å²) in [6.45, 7) is -0.566. The maximum Gasteiger partial charge on any atom is 0.306 e. The van der Waals surface area contributed by atoms with Gasteiger partial charge in [0.15, 0.2) is 23.3 Å². The normalized spacial score (nSPS) is 12.3. The zero-order valence-electron chi connectivity index (χ0n) is 8.88. The number of carboxylic acids is 1. The van der Waals surface area contributed by atoms with Crippen LogP contribution in [0.5, 0.6) is 0 Å². The highest BCUT2D eigenvalue weighted by Gasteiger charge is 2.20. The predicted molar refractivity (Wildman–Crippen MR) is 53.0 cm³/mol. The molecule has 0 aliphatic heterocycles. The molecule has 0 bridgehead atoms. The Hall–Kier alpha value is -1.83. The molecule has 0 aliphatic rings. The molecule has 1 aromatic carbocycles. The molecule has 1 aromatic rings. The Labute approximate surface area is 98.9 Å². The number of anilines is 1. The number of rotatable bonds is 5. The van der Waals surface area contributed by atoms with Crippen molar-refractivity contribution in [2.45, 2.75) is 12.5 Å². The van der Waals surface area contributed by atoms with Gasteiger partial charge in [0.2, 0.25) is 0 Å². The highest BCUT2D eigenvalue weighted by Crippen LogP contribution is 2.24. The van der Waals surface area contributed by atoms with Gasteiger partial charge in [-0.1, -0.05) is 0 Å². The SMILES string of the molecule is O=C(O)CC(O)CNc1c(F)c(F)cc(F)c1F. The Morgan fingerprint density at radius 2 is 1.72 bits per heavy atom. The van der Waals surface area contributed by atoms with E-state index in [1.165, 1.54) is 0 Å². The second-order valence-electron chi connectivity index (χ2n) is 3.48. The monoisotopic (exact) mass is 267 g/mol. The lowest BCUT2D eigenvalue weighted by Gasteiger charge is -2.12. The van der Waals surface area contributed by atoms with Crippen molar-refractivity contribution < 1.29 is 32.6 Å². The van der Waals surface area contributed by atoms with Crippen molar-refractivity contribution in [2.24, 2.45) is 0 Å². The van der Waals surface area contributed by atoms with Crippen LogP contribution in [-0.4, -0.2) is 28.8 Å². The van der Waals surface area contributed by atoms with Gasteiger partial charge in [-0.2, -0.15) is 0 Å². The van der Waals surface area contributed by atoms with Crippen molar-refractivity contribution in [3.63, 3.8) is 0 Å². The largest absolute Gasteiger partial charge is 0.481 e. The first kappa shape index (κ1) is 14.2. The molecule has 0 aromatic heterocycles. The topological polar surface area (TPSA) is 69.6 Å². The Kier molecular flexibility index (Phi) is 4.49. The van der Waals surface area contributed by atoms with E-state index in [4.69, 9.17) is 10.2 Å². The van der Waals surface area contributed by atoms with Crippen LogP contribution < -0.4 is 5.32 Å². The van der Waals surface area contributed by atoms with E-state index in [1.807, 2.05) is 5.32 Å². The Balaban J connectivity index is 2.82. The maximum absolute atomic E-state index is 13.1. The van der Waals surface area contributed by atoms with Crippen molar-refractivity contribution in [2.75, 3.05) is 11.9 Å². The predicted octanol–water partition coefficient (Wildman–Crippen LogP) is 1.49. The lowest BCUT2D eigenvalue weighted by Crippen LogP contribution is -2.23. The Morgan fingerprint density at radius 1 is 1.22 bits per heavy atom. The molecule has 18 heavy (non-hydrogen) atoms. The molecule has 0 saturated carbocycles. The summed E-state index contributed by atoms with van der Waals surface area (Å²) in [4.78, 5) is 10.2. The average Bonchev–Trinajstić information content (AvgIpc) is 2.25. The van der Waals surface area contributed by atoms with Gasteiger partial charge in [0.1, 0.15) is 5.69 Å². The van der Waals surface area contributed by atoms with Crippen LogP contribution in [0.3, 0.4) is 0 Å². The quantitative estimate of drug-likeness (QED) is 0.558. The highest BCUT2D eigenvalue weighted by atomic mass is 19.2. The molecule has 0 aliphatic carbocycles. The number of aliphatic carboxylic acids is 1. The van der Waals surface area contributed by atoms with E-state index < -0.39 is 54.0 Å². The van der Waals surface area contributed by atoms with Crippen LogP contribution in [0.25, 0.3) is 0 Å². The summed E-state index contributed by atoms with van der Waals surface area (Å²) in [6, 6.07) is 0.0452. The molecule has 0 spiro atoms. The summed E-state index contributed by atoms with van der Waals surface area (Å²) in [6.07, 6.45) is -2.12. The minimum Gasteiger partial charge on any atom is -0.481 e. The molecule has 4 nitrogen and oxygen atoms in total. The zero-order chi connectivity index (χ0) is 13.9. The van der Waals surface area contributed by atoms with Crippen LogP contribution in [-0.2, 0) is 4.79 Å². The average molecular weight is 267 g/mol. The fraction of sp³-hybridized carbons (Fsp3) is 0.300. The molecule has 0 heterocycles. The fourth-order valence-corrected chi connectivity index (χ4v) is 1.22. The number of hydrogen-bond donors (Lipinski definition) is 3. The Morgan fingerprint density at radius 3 is 2.17 bits per heavy atom. The third-order valence-electron chi connectivity index (χ3n) is 2.04. The van der Waals surface area contributed by atoms with Gasteiger partial charge in [-0.05, 0) is 0 Å². The third kappa shape index (κ3) is 3.33. The summed E-state index contributed by atoms with van der Waals surface area (Å²) in [5.41, 5.74) is -1.09. The van der Waals surface area contributed by atoms with E-state index in [0.29, 0.717) is 0 Å². The number of carbonyl (C=O) groups is 1. The van der Waals surface area contributed by atoms with Gasteiger partial charge < -0.3 is 15.5 Å². The second-order valence-corrected chi connectivity index (χ2v) is 3.48. The molecule has 3 N–H and O–H groups in total.